The highest BCUT2D eigenvalue weighted by molar-refractivity contribution is 7.99. The molecule has 5 heterocycles. The van der Waals surface area contributed by atoms with Crippen LogP contribution in [0.5, 0.6) is 0 Å². The summed E-state index contributed by atoms with van der Waals surface area (Å²) in [6.45, 7) is 2.48. The predicted molar refractivity (Wildman–Crippen MR) is 116 cm³/mol. The van der Waals surface area contributed by atoms with E-state index in [-0.39, 0.29) is 0 Å². The Kier molecular flexibility index (Phi) is 4.58. The van der Waals surface area contributed by atoms with Gasteiger partial charge in [-0.15, -0.1) is 0 Å². The largest absolute Gasteiger partial charge is 0.461 e. The van der Waals surface area contributed by atoms with Gasteiger partial charge in [0.05, 0.1) is 29.5 Å². The standard InChI is InChI=1S/C23H19N5O2S/c1-2-5-19-18(4-1)26-23(27-19)31-21-8-7-16(30-21)14-28-10-9-17-15(13-28)12-24-22(25-17)20-6-3-11-29-20/h1-8,11-12H,9-10,13-14H2,(H,26,27). The van der Waals surface area contributed by atoms with Gasteiger partial charge in [-0.05, 0) is 48.2 Å². The lowest BCUT2D eigenvalue weighted by Gasteiger charge is -2.27. The van der Waals surface area contributed by atoms with Crippen molar-refractivity contribution in [1.29, 1.82) is 0 Å². The molecule has 1 aliphatic rings. The van der Waals surface area contributed by atoms with E-state index in [2.05, 4.69) is 19.9 Å². The van der Waals surface area contributed by atoms with Crippen LogP contribution in [0.25, 0.3) is 22.6 Å². The zero-order valence-corrected chi connectivity index (χ0v) is 17.4. The Balaban J connectivity index is 1.12. The molecule has 0 radical (unpaired) electrons. The first-order valence-corrected chi connectivity index (χ1v) is 10.9. The van der Waals surface area contributed by atoms with Gasteiger partial charge in [0.1, 0.15) is 5.76 Å². The molecule has 0 unspecified atom stereocenters. The Morgan fingerprint density at radius 2 is 2.03 bits per heavy atom. The molecule has 7 nitrogen and oxygen atoms in total. The van der Waals surface area contributed by atoms with Crippen LogP contribution in [0.4, 0.5) is 0 Å². The predicted octanol–water partition coefficient (Wildman–Crippen LogP) is 4.92. The Labute approximate surface area is 182 Å². The number of aromatic nitrogens is 4. The second-order valence-electron chi connectivity index (χ2n) is 7.49. The van der Waals surface area contributed by atoms with E-state index in [1.54, 1.807) is 6.26 Å². The summed E-state index contributed by atoms with van der Waals surface area (Å²) in [7, 11) is 0. The summed E-state index contributed by atoms with van der Waals surface area (Å²) in [5.74, 6) is 2.29. The van der Waals surface area contributed by atoms with E-state index < -0.39 is 0 Å². The highest BCUT2D eigenvalue weighted by Crippen LogP contribution is 2.30. The number of hydrogen-bond acceptors (Lipinski definition) is 7. The summed E-state index contributed by atoms with van der Waals surface area (Å²) >= 11 is 1.50. The molecule has 154 valence electrons. The summed E-state index contributed by atoms with van der Waals surface area (Å²) in [5.41, 5.74) is 4.24. The number of furan rings is 2. The number of rotatable bonds is 5. The molecule has 0 fully saturated rings. The van der Waals surface area contributed by atoms with Crippen molar-refractivity contribution in [3.63, 3.8) is 0 Å². The van der Waals surface area contributed by atoms with Crippen molar-refractivity contribution in [1.82, 2.24) is 24.8 Å². The minimum atomic E-state index is 0.649. The number of benzene rings is 1. The van der Waals surface area contributed by atoms with E-state index in [4.69, 9.17) is 13.8 Å². The molecule has 1 aromatic carbocycles. The first-order chi connectivity index (χ1) is 15.3. The number of imidazole rings is 1. The zero-order chi connectivity index (χ0) is 20.6. The van der Waals surface area contributed by atoms with Crippen molar-refractivity contribution in [3.8, 4) is 11.6 Å². The van der Waals surface area contributed by atoms with Crippen molar-refractivity contribution in [2.45, 2.75) is 29.8 Å². The molecule has 1 N–H and O–H groups in total. The Bertz CT molecular complexity index is 1310. The summed E-state index contributed by atoms with van der Waals surface area (Å²) < 4.78 is 11.5. The van der Waals surface area contributed by atoms with Crippen LogP contribution in [0.1, 0.15) is 17.0 Å². The van der Waals surface area contributed by atoms with Crippen LogP contribution in [0.2, 0.25) is 0 Å². The van der Waals surface area contributed by atoms with Gasteiger partial charge in [0.2, 0.25) is 0 Å². The van der Waals surface area contributed by atoms with Gasteiger partial charge in [0.25, 0.3) is 0 Å². The van der Waals surface area contributed by atoms with Crippen LogP contribution >= 0.6 is 11.8 Å². The molecule has 4 aromatic heterocycles. The van der Waals surface area contributed by atoms with Crippen LogP contribution in [-0.2, 0) is 19.5 Å². The van der Waals surface area contributed by atoms with Gasteiger partial charge in [-0.2, -0.15) is 0 Å². The Hall–Kier alpha value is -3.36. The first kappa shape index (κ1) is 18.4. The van der Waals surface area contributed by atoms with Crippen molar-refractivity contribution < 1.29 is 8.83 Å². The molecule has 0 amide bonds. The maximum absolute atomic E-state index is 6.06. The smallest absolute Gasteiger partial charge is 0.195 e. The van der Waals surface area contributed by atoms with Gasteiger partial charge in [-0.25, -0.2) is 15.0 Å². The van der Waals surface area contributed by atoms with Gasteiger partial charge in [0.15, 0.2) is 21.8 Å². The van der Waals surface area contributed by atoms with Crippen molar-refractivity contribution in [2.75, 3.05) is 6.54 Å². The third-order valence-electron chi connectivity index (χ3n) is 5.34. The lowest BCUT2D eigenvalue weighted by molar-refractivity contribution is 0.218. The van der Waals surface area contributed by atoms with Gasteiger partial charge in [-0.1, -0.05) is 12.1 Å². The fraction of sp³-hybridized carbons (Fsp3) is 0.174. The van der Waals surface area contributed by atoms with Gasteiger partial charge >= 0.3 is 0 Å². The molecule has 0 atom stereocenters. The Morgan fingerprint density at radius 3 is 2.94 bits per heavy atom. The maximum atomic E-state index is 6.06. The molecule has 1 aliphatic heterocycles. The first-order valence-electron chi connectivity index (χ1n) is 10.1. The number of hydrogen-bond donors (Lipinski definition) is 1. The van der Waals surface area contributed by atoms with Crippen LogP contribution in [0, 0.1) is 0 Å². The van der Waals surface area contributed by atoms with E-state index in [9.17, 15) is 0 Å². The maximum Gasteiger partial charge on any atom is 0.195 e. The van der Waals surface area contributed by atoms with Crippen LogP contribution < -0.4 is 0 Å². The average molecular weight is 430 g/mol. The average Bonchev–Trinajstić information content (AvgIpc) is 3.54. The third kappa shape index (κ3) is 3.75. The number of aromatic amines is 1. The number of nitrogens with one attached hydrogen (secondary N) is 1. The fourth-order valence-corrected chi connectivity index (χ4v) is 4.61. The molecule has 0 bridgehead atoms. The third-order valence-corrected chi connectivity index (χ3v) is 6.14. The van der Waals surface area contributed by atoms with E-state index >= 15 is 0 Å². The lowest BCUT2D eigenvalue weighted by atomic mass is 10.1. The van der Waals surface area contributed by atoms with Gasteiger partial charge < -0.3 is 13.8 Å². The highest BCUT2D eigenvalue weighted by Gasteiger charge is 2.20. The monoisotopic (exact) mass is 429 g/mol. The summed E-state index contributed by atoms with van der Waals surface area (Å²) in [6.07, 6.45) is 4.44. The fourth-order valence-electron chi connectivity index (χ4n) is 3.83. The van der Waals surface area contributed by atoms with E-state index in [1.807, 2.05) is 54.7 Å². The number of para-hydroxylation sites is 2. The SMILES string of the molecule is c1coc(-c2ncc3c(n2)CCN(Cc2ccc(Sc4nc5ccccc5[nH]4)o2)C3)c1. The molecule has 0 saturated carbocycles. The summed E-state index contributed by atoms with van der Waals surface area (Å²) in [6, 6.07) is 15.8. The number of nitrogens with zero attached hydrogens (tertiary/aromatic N) is 4. The molecule has 0 saturated heterocycles. The number of H-pyrrole nitrogens is 1. The van der Waals surface area contributed by atoms with Crippen molar-refractivity contribution in [3.05, 3.63) is 78.0 Å². The minimum Gasteiger partial charge on any atom is -0.461 e. The van der Waals surface area contributed by atoms with E-state index in [1.165, 1.54) is 11.8 Å². The second kappa shape index (κ2) is 7.72. The minimum absolute atomic E-state index is 0.649. The molecule has 0 spiro atoms. The Morgan fingerprint density at radius 1 is 1.06 bits per heavy atom. The molecular formula is C23H19N5O2S. The van der Waals surface area contributed by atoms with Crippen molar-refractivity contribution in [2.24, 2.45) is 0 Å². The second-order valence-corrected chi connectivity index (χ2v) is 8.48. The summed E-state index contributed by atoms with van der Waals surface area (Å²) in [4.78, 5) is 19.4. The highest BCUT2D eigenvalue weighted by atomic mass is 32.2. The van der Waals surface area contributed by atoms with Crippen LogP contribution in [0.3, 0.4) is 0 Å². The van der Waals surface area contributed by atoms with Gasteiger partial charge in [-0.3, -0.25) is 4.90 Å². The summed E-state index contributed by atoms with van der Waals surface area (Å²) in [5, 5.41) is 1.66. The topological polar surface area (TPSA) is 84.0 Å². The molecule has 6 rings (SSSR count). The van der Waals surface area contributed by atoms with Crippen LogP contribution in [0.15, 0.2) is 80.1 Å². The molecular weight excluding hydrogens is 410 g/mol. The normalized spacial score (nSPS) is 14.2. The van der Waals surface area contributed by atoms with E-state index in [0.29, 0.717) is 11.6 Å². The molecule has 8 heteroatoms. The molecule has 5 aromatic rings. The van der Waals surface area contributed by atoms with Crippen LogP contribution in [-0.4, -0.2) is 31.4 Å². The van der Waals surface area contributed by atoms with Gasteiger partial charge in [0, 0.05) is 31.3 Å². The van der Waals surface area contributed by atoms with Crippen molar-refractivity contribution >= 4 is 22.8 Å². The zero-order valence-electron chi connectivity index (χ0n) is 16.6. The number of fused-ring (bicyclic) bond motifs is 2. The molecule has 0 aliphatic carbocycles. The van der Waals surface area contributed by atoms with E-state index in [0.717, 1.165) is 64.4 Å². The lowest BCUT2D eigenvalue weighted by Crippen LogP contribution is -2.30. The molecule has 31 heavy (non-hydrogen) atoms. The quantitative estimate of drug-likeness (QED) is 0.425.